The van der Waals surface area contributed by atoms with Crippen molar-refractivity contribution in [2.45, 2.75) is 37.4 Å². The highest BCUT2D eigenvalue weighted by molar-refractivity contribution is 7.88. The zero-order valence-electron chi connectivity index (χ0n) is 13.0. The second kappa shape index (κ2) is 6.91. The second-order valence-corrected chi connectivity index (χ2v) is 7.63. The number of likely N-dealkylation sites (N-methyl/N-ethyl adjacent to an activating group) is 1. The van der Waals surface area contributed by atoms with Gasteiger partial charge in [-0.3, -0.25) is 4.90 Å². The largest absolute Gasteiger partial charge is 0.447 e. The Hall–Kier alpha value is -0.890. The summed E-state index contributed by atoms with van der Waals surface area (Å²) < 4.78 is 30.3. The molecule has 0 saturated heterocycles. The van der Waals surface area contributed by atoms with Crippen molar-refractivity contribution in [3.8, 4) is 0 Å². The fourth-order valence-corrected chi connectivity index (χ4v) is 3.06. The van der Waals surface area contributed by atoms with Gasteiger partial charge in [-0.05, 0) is 31.5 Å². The fourth-order valence-electron chi connectivity index (χ4n) is 2.24. The SMILES string of the molecule is CCN(CCNCc1ccc(S(=O)(=O)N(C)C)o1)C1CC1. The molecule has 1 aromatic heterocycles. The molecule has 0 spiro atoms. The van der Waals surface area contributed by atoms with Crippen LogP contribution in [-0.2, 0) is 16.6 Å². The van der Waals surface area contributed by atoms with Crippen molar-refractivity contribution < 1.29 is 12.8 Å². The van der Waals surface area contributed by atoms with Gasteiger partial charge in [-0.2, -0.15) is 0 Å². The molecule has 1 N–H and O–H groups in total. The Kier molecular flexibility index (Phi) is 5.43. The zero-order valence-corrected chi connectivity index (χ0v) is 13.8. The van der Waals surface area contributed by atoms with Gasteiger partial charge in [-0.1, -0.05) is 6.92 Å². The Morgan fingerprint density at radius 2 is 2.05 bits per heavy atom. The monoisotopic (exact) mass is 315 g/mol. The lowest BCUT2D eigenvalue weighted by Crippen LogP contribution is -2.33. The molecule has 6 nitrogen and oxygen atoms in total. The van der Waals surface area contributed by atoms with Gasteiger partial charge in [-0.15, -0.1) is 0 Å². The zero-order chi connectivity index (χ0) is 15.5. The van der Waals surface area contributed by atoms with Crippen molar-refractivity contribution >= 4 is 10.0 Å². The van der Waals surface area contributed by atoms with Crippen LogP contribution in [0.3, 0.4) is 0 Å². The molecule has 0 amide bonds. The van der Waals surface area contributed by atoms with Gasteiger partial charge in [0.05, 0.1) is 6.54 Å². The van der Waals surface area contributed by atoms with E-state index < -0.39 is 10.0 Å². The van der Waals surface area contributed by atoms with Gasteiger partial charge in [0.1, 0.15) is 5.76 Å². The molecule has 1 aromatic rings. The summed E-state index contributed by atoms with van der Waals surface area (Å²) in [5.41, 5.74) is 0. The molecule has 0 aromatic carbocycles. The maximum atomic E-state index is 11.9. The highest BCUT2D eigenvalue weighted by atomic mass is 32.2. The van der Waals surface area contributed by atoms with Crippen LogP contribution in [0, 0.1) is 0 Å². The van der Waals surface area contributed by atoms with E-state index in [0.717, 1.165) is 30.0 Å². The maximum absolute atomic E-state index is 11.9. The lowest BCUT2D eigenvalue weighted by molar-refractivity contribution is 0.274. The molecule has 0 atom stereocenters. The summed E-state index contributed by atoms with van der Waals surface area (Å²) in [7, 11) is -0.490. The number of rotatable bonds is 9. The Labute approximate surface area is 127 Å². The first-order chi connectivity index (χ1) is 9.95. The summed E-state index contributed by atoms with van der Waals surface area (Å²) in [6, 6.07) is 3.99. The normalized spacial score (nSPS) is 16.0. The van der Waals surface area contributed by atoms with Crippen LogP contribution in [0.15, 0.2) is 21.6 Å². The van der Waals surface area contributed by atoms with Crippen molar-refractivity contribution in [2.24, 2.45) is 0 Å². The number of hydrogen-bond acceptors (Lipinski definition) is 5. The highest BCUT2D eigenvalue weighted by Crippen LogP contribution is 2.25. The van der Waals surface area contributed by atoms with Gasteiger partial charge >= 0.3 is 0 Å². The van der Waals surface area contributed by atoms with Gasteiger partial charge < -0.3 is 9.73 Å². The van der Waals surface area contributed by atoms with E-state index in [1.54, 1.807) is 6.07 Å². The average molecular weight is 315 g/mol. The minimum atomic E-state index is -3.48. The molecule has 0 aliphatic heterocycles. The van der Waals surface area contributed by atoms with E-state index in [9.17, 15) is 8.42 Å². The van der Waals surface area contributed by atoms with Crippen molar-refractivity contribution in [1.82, 2.24) is 14.5 Å². The van der Waals surface area contributed by atoms with E-state index in [4.69, 9.17) is 4.42 Å². The summed E-state index contributed by atoms with van der Waals surface area (Å²) in [5, 5.41) is 3.30. The van der Waals surface area contributed by atoms with Crippen LogP contribution in [-0.4, -0.2) is 57.4 Å². The van der Waals surface area contributed by atoms with E-state index in [0.29, 0.717) is 12.3 Å². The molecule has 7 heteroatoms. The standard InChI is InChI=1S/C14H25N3O3S/c1-4-17(12-5-6-12)10-9-15-11-13-7-8-14(20-13)21(18,19)16(2)3/h7-8,12,15H,4-6,9-11H2,1-3H3. The third kappa shape index (κ3) is 4.29. The van der Waals surface area contributed by atoms with Crippen molar-refractivity contribution in [3.05, 3.63) is 17.9 Å². The number of hydrogen-bond donors (Lipinski definition) is 1. The summed E-state index contributed by atoms with van der Waals surface area (Å²) >= 11 is 0. The Morgan fingerprint density at radius 3 is 2.62 bits per heavy atom. The van der Waals surface area contributed by atoms with Gasteiger partial charge in [-0.25, -0.2) is 12.7 Å². The summed E-state index contributed by atoms with van der Waals surface area (Å²) in [4.78, 5) is 2.47. The molecule has 1 heterocycles. The molecule has 1 aliphatic carbocycles. The second-order valence-electron chi connectivity index (χ2n) is 5.54. The molecule has 0 unspecified atom stereocenters. The van der Waals surface area contributed by atoms with Crippen LogP contribution < -0.4 is 5.32 Å². The summed E-state index contributed by atoms with van der Waals surface area (Å²) in [5.74, 6) is 0.643. The topological polar surface area (TPSA) is 65.8 Å². The number of sulfonamides is 1. The number of furan rings is 1. The molecule has 2 rings (SSSR count). The first-order valence-electron chi connectivity index (χ1n) is 7.41. The van der Waals surface area contributed by atoms with E-state index in [1.807, 2.05) is 0 Å². The first kappa shape index (κ1) is 16.5. The molecule has 0 bridgehead atoms. The molecular weight excluding hydrogens is 290 g/mol. The molecule has 1 fully saturated rings. The van der Waals surface area contributed by atoms with Crippen molar-refractivity contribution in [2.75, 3.05) is 33.7 Å². The van der Waals surface area contributed by atoms with Crippen LogP contribution in [0.2, 0.25) is 0 Å². The first-order valence-corrected chi connectivity index (χ1v) is 8.85. The molecule has 120 valence electrons. The van der Waals surface area contributed by atoms with Crippen LogP contribution in [0.25, 0.3) is 0 Å². The van der Waals surface area contributed by atoms with Gasteiger partial charge in [0.25, 0.3) is 10.0 Å². The van der Waals surface area contributed by atoms with Crippen LogP contribution in [0.1, 0.15) is 25.5 Å². The van der Waals surface area contributed by atoms with Crippen LogP contribution >= 0.6 is 0 Å². The Balaban J connectivity index is 1.78. The molecule has 1 saturated carbocycles. The van der Waals surface area contributed by atoms with Gasteiger partial charge in [0.15, 0.2) is 0 Å². The maximum Gasteiger partial charge on any atom is 0.275 e. The molecular formula is C14H25N3O3S. The predicted molar refractivity (Wildman–Crippen MR) is 81.6 cm³/mol. The van der Waals surface area contributed by atoms with E-state index in [1.165, 1.54) is 33.0 Å². The highest BCUT2D eigenvalue weighted by Gasteiger charge is 2.27. The van der Waals surface area contributed by atoms with Gasteiger partial charge in [0, 0.05) is 33.2 Å². The van der Waals surface area contributed by atoms with E-state index in [2.05, 4.69) is 17.1 Å². The fraction of sp³-hybridized carbons (Fsp3) is 0.714. The van der Waals surface area contributed by atoms with E-state index in [-0.39, 0.29) is 5.09 Å². The van der Waals surface area contributed by atoms with E-state index >= 15 is 0 Å². The summed E-state index contributed by atoms with van der Waals surface area (Å²) in [6.45, 7) is 5.71. The summed E-state index contributed by atoms with van der Waals surface area (Å²) in [6.07, 6.45) is 2.63. The number of nitrogens with zero attached hydrogens (tertiary/aromatic N) is 2. The van der Waals surface area contributed by atoms with Crippen LogP contribution in [0.5, 0.6) is 0 Å². The van der Waals surface area contributed by atoms with Crippen LogP contribution in [0.4, 0.5) is 0 Å². The molecule has 0 radical (unpaired) electrons. The van der Waals surface area contributed by atoms with Crippen molar-refractivity contribution in [3.63, 3.8) is 0 Å². The quantitative estimate of drug-likeness (QED) is 0.691. The minimum Gasteiger partial charge on any atom is -0.447 e. The smallest absolute Gasteiger partial charge is 0.275 e. The third-order valence-electron chi connectivity index (χ3n) is 3.72. The lowest BCUT2D eigenvalue weighted by atomic mass is 10.4. The third-order valence-corrected chi connectivity index (χ3v) is 5.41. The molecule has 21 heavy (non-hydrogen) atoms. The van der Waals surface area contributed by atoms with Crippen molar-refractivity contribution in [1.29, 1.82) is 0 Å². The average Bonchev–Trinajstić information content (AvgIpc) is 3.16. The van der Waals surface area contributed by atoms with Gasteiger partial charge in [0.2, 0.25) is 5.09 Å². The molecule has 1 aliphatic rings. The minimum absolute atomic E-state index is 0.00235. The number of nitrogens with one attached hydrogen (secondary N) is 1. The Morgan fingerprint density at radius 1 is 1.33 bits per heavy atom. The Bertz CT molecular complexity index is 550. The predicted octanol–water partition coefficient (Wildman–Crippen LogP) is 1.10. The lowest BCUT2D eigenvalue weighted by Gasteiger charge is -2.19.